The molecular weight excluding hydrogens is 477 g/mol. The van der Waals surface area contributed by atoms with Gasteiger partial charge in [-0.05, 0) is 68.8 Å². The van der Waals surface area contributed by atoms with Gasteiger partial charge in [0.15, 0.2) is 5.13 Å². The fourth-order valence-electron chi connectivity index (χ4n) is 4.32. The van der Waals surface area contributed by atoms with Crippen molar-refractivity contribution in [2.45, 2.75) is 32.2 Å². The minimum atomic E-state index is -0.640. The Morgan fingerprint density at radius 3 is 2.61 bits per heavy atom. The monoisotopic (exact) mass is 507 g/mol. The number of aromatic nitrogens is 1. The van der Waals surface area contributed by atoms with Gasteiger partial charge in [0.2, 0.25) is 5.78 Å². The van der Waals surface area contributed by atoms with Crippen LogP contribution in [0.15, 0.2) is 49.0 Å². The van der Waals surface area contributed by atoms with Crippen LogP contribution in [0.2, 0.25) is 0 Å². The molecule has 188 valence electrons. The van der Waals surface area contributed by atoms with Crippen LogP contribution >= 0.6 is 11.3 Å². The molecule has 0 saturated carbocycles. The Labute approximate surface area is 214 Å². The van der Waals surface area contributed by atoms with Crippen LogP contribution in [0, 0.1) is 5.82 Å². The fraction of sp³-hybridized carbons (Fsp3) is 0.296. The van der Waals surface area contributed by atoms with Crippen molar-refractivity contribution in [1.82, 2.24) is 15.2 Å². The first kappa shape index (κ1) is 25.5. The zero-order valence-electron chi connectivity index (χ0n) is 20.2. The summed E-state index contributed by atoms with van der Waals surface area (Å²) in [6.07, 6.45) is 5.15. The quantitative estimate of drug-likeness (QED) is 0.349. The number of nitrogen functional groups attached to an aromatic ring is 1. The van der Waals surface area contributed by atoms with Gasteiger partial charge in [-0.2, -0.15) is 0 Å². The van der Waals surface area contributed by atoms with Crippen LogP contribution < -0.4 is 16.4 Å². The molecular formula is C27H30FN5O2S. The molecule has 4 rings (SSSR count). The average molecular weight is 508 g/mol. The number of benzene rings is 2. The molecule has 0 bridgehead atoms. The van der Waals surface area contributed by atoms with Crippen LogP contribution in [-0.2, 0) is 0 Å². The molecule has 1 atom stereocenters. The van der Waals surface area contributed by atoms with Gasteiger partial charge in [-0.15, -0.1) is 0 Å². The van der Waals surface area contributed by atoms with Crippen molar-refractivity contribution in [2.75, 3.05) is 30.7 Å². The zero-order valence-corrected chi connectivity index (χ0v) is 21.0. The maximum atomic E-state index is 14.4. The predicted octanol–water partition coefficient (Wildman–Crippen LogP) is 5.09. The number of likely N-dealkylation sites (tertiary alicyclic amines) is 1. The summed E-state index contributed by atoms with van der Waals surface area (Å²) in [6, 6.07) is 11.4. The molecule has 1 amide bonds. The van der Waals surface area contributed by atoms with Crippen molar-refractivity contribution in [3.63, 3.8) is 0 Å². The lowest BCUT2D eigenvalue weighted by Crippen LogP contribution is -2.43. The van der Waals surface area contributed by atoms with Gasteiger partial charge in [0.25, 0.3) is 5.91 Å². The summed E-state index contributed by atoms with van der Waals surface area (Å²) >= 11 is 1.04. The molecule has 1 fully saturated rings. The Morgan fingerprint density at radius 2 is 1.92 bits per heavy atom. The van der Waals surface area contributed by atoms with Gasteiger partial charge < -0.3 is 21.3 Å². The number of carbonyl (C=O) groups is 2. The van der Waals surface area contributed by atoms with Crippen molar-refractivity contribution in [3.8, 4) is 0 Å². The highest BCUT2D eigenvalue weighted by molar-refractivity contribution is 7.18. The number of nitrogens with two attached hydrogens (primary N) is 1. The van der Waals surface area contributed by atoms with Crippen LogP contribution in [0.5, 0.6) is 0 Å². The maximum Gasteiger partial charge on any atom is 0.251 e. The van der Waals surface area contributed by atoms with Crippen molar-refractivity contribution in [2.24, 2.45) is 0 Å². The lowest BCUT2D eigenvalue weighted by atomic mass is 10.0. The van der Waals surface area contributed by atoms with Crippen LogP contribution in [0.3, 0.4) is 0 Å². The van der Waals surface area contributed by atoms with Crippen molar-refractivity contribution in [3.05, 3.63) is 76.4 Å². The van der Waals surface area contributed by atoms with Crippen LogP contribution in [0.25, 0.3) is 6.08 Å². The molecule has 4 N–H and O–H groups in total. The third kappa shape index (κ3) is 5.98. The highest BCUT2D eigenvalue weighted by Gasteiger charge is 2.23. The number of amides is 1. The number of ketones is 1. The number of thiazole rings is 1. The van der Waals surface area contributed by atoms with Crippen LogP contribution in [0.1, 0.15) is 57.3 Å². The van der Waals surface area contributed by atoms with E-state index in [1.165, 1.54) is 37.5 Å². The molecule has 3 aromatic rings. The molecule has 1 aromatic heterocycles. The first-order valence-corrected chi connectivity index (χ1v) is 12.8. The third-order valence-corrected chi connectivity index (χ3v) is 7.09. The standard InChI is InChI=1S/C27H30FN5O2S/c1-3-18-8-7-9-21(28)22(18)23(34)24-25(29)32-27(36-24)31-20-12-10-19(11-13-20)26(35)30-17(2)16-33-14-5-4-6-15-33/h3,7-13,17H,1,4-6,14-16,29H2,2H3,(H,30,35)(H,31,32)/t17-/m1/s1. The molecule has 2 aromatic carbocycles. The summed E-state index contributed by atoms with van der Waals surface area (Å²) in [5.41, 5.74) is 7.52. The van der Waals surface area contributed by atoms with E-state index < -0.39 is 11.6 Å². The molecule has 1 saturated heterocycles. The summed E-state index contributed by atoms with van der Waals surface area (Å²) in [6.45, 7) is 8.69. The maximum absolute atomic E-state index is 14.4. The van der Waals surface area contributed by atoms with Crippen molar-refractivity contribution >= 4 is 45.7 Å². The van der Waals surface area contributed by atoms with Crippen molar-refractivity contribution in [1.29, 1.82) is 0 Å². The number of carbonyl (C=O) groups excluding carboxylic acids is 2. The van der Waals surface area contributed by atoms with Gasteiger partial charge in [-0.1, -0.05) is 42.5 Å². The Kier molecular flexibility index (Phi) is 8.12. The van der Waals surface area contributed by atoms with E-state index in [0.717, 1.165) is 31.0 Å². The first-order chi connectivity index (χ1) is 17.4. The number of nitrogens with one attached hydrogen (secondary N) is 2. The molecule has 0 spiro atoms. The van der Waals surface area contributed by atoms with Gasteiger partial charge in [0, 0.05) is 23.8 Å². The number of rotatable bonds is 9. The average Bonchev–Trinajstić information content (AvgIpc) is 3.24. The minimum absolute atomic E-state index is 0.0180. The Hall–Kier alpha value is -3.56. The number of hydrogen-bond acceptors (Lipinski definition) is 7. The van der Waals surface area contributed by atoms with Gasteiger partial charge in [0.05, 0.1) is 5.56 Å². The van der Waals surface area contributed by atoms with E-state index in [1.807, 2.05) is 6.92 Å². The largest absolute Gasteiger partial charge is 0.382 e. The molecule has 0 radical (unpaired) electrons. The molecule has 0 aliphatic carbocycles. The predicted molar refractivity (Wildman–Crippen MR) is 143 cm³/mol. The topological polar surface area (TPSA) is 100 Å². The minimum Gasteiger partial charge on any atom is -0.382 e. The number of anilines is 3. The van der Waals surface area contributed by atoms with E-state index >= 15 is 0 Å². The van der Waals surface area contributed by atoms with E-state index in [2.05, 4.69) is 27.1 Å². The summed E-state index contributed by atoms with van der Waals surface area (Å²) in [7, 11) is 0. The summed E-state index contributed by atoms with van der Waals surface area (Å²) < 4.78 is 14.4. The second-order valence-corrected chi connectivity index (χ2v) is 9.91. The molecule has 9 heteroatoms. The second kappa shape index (κ2) is 11.5. The Morgan fingerprint density at radius 1 is 1.19 bits per heavy atom. The number of nitrogens with zero attached hydrogens (tertiary/aromatic N) is 2. The van der Waals surface area contributed by atoms with E-state index in [0.29, 0.717) is 21.9 Å². The van der Waals surface area contributed by atoms with Gasteiger partial charge in [0.1, 0.15) is 16.5 Å². The van der Waals surface area contributed by atoms with Gasteiger partial charge in [-0.3, -0.25) is 9.59 Å². The Balaban J connectivity index is 1.39. The lowest BCUT2D eigenvalue weighted by Gasteiger charge is -2.29. The molecule has 7 nitrogen and oxygen atoms in total. The SMILES string of the molecule is C=Cc1cccc(F)c1C(=O)c1sc(Nc2ccc(C(=O)N[C@H](C)CN3CCCCC3)cc2)nc1N. The Bertz CT molecular complexity index is 1250. The zero-order chi connectivity index (χ0) is 25.7. The molecule has 36 heavy (non-hydrogen) atoms. The van der Waals surface area contributed by atoms with Crippen LogP contribution in [-0.4, -0.2) is 47.3 Å². The summed E-state index contributed by atoms with van der Waals surface area (Å²) in [4.78, 5) is 32.4. The van der Waals surface area contributed by atoms with Crippen LogP contribution in [0.4, 0.5) is 21.0 Å². The van der Waals surface area contributed by atoms with E-state index in [4.69, 9.17) is 5.73 Å². The van der Waals surface area contributed by atoms with Crippen molar-refractivity contribution < 1.29 is 14.0 Å². The van der Waals surface area contributed by atoms with Gasteiger partial charge >= 0.3 is 0 Å². The molecule has 1 aliphatic rings. The lowest BCUT2D eigenvalue weighted by molar-refractivity contribution is 0.0925. The van der Waals surface area contributed by atoms with E-state index in [1.54, 1.807) is 30.3 Å². The van der Waals surface area contributed by atoms with E-state index in [-0.39, 0.29) is 28.2 Å². The first-order valence-electron chi connectivity index (χ1n) is 12.0. The normalized spacial score (nSPS) is 14.7. The van der Waals surface area contributed by atoms with E-state index in [9.17, 15) is 14.0 Å². The van der Waals surface area contributed by atoms with Gasteiger partial charge in [-0.25, -0.2) is 9.37 Å². The number of hydrogen-bond donors (Lipinski definition) is 3. The fourth-order valence-corrected chi connectivity index (χ4v) is 5.17. The summed E-state index contributed by atoms with van der Waals surface area (Å²) in [5.74, 6) is -1.29. The highest BCUT2D eigenvalue weighted by atomic mass is 32.1. The molecule has 2 heterocycles. The highest BCUT2D eigenvalue weighted by Crippen LogP contribution is 2.31. The number of halogens is 1. The second-order valence-electron chi connectivity index (χ2n) is 8.91. The number of piperidine rings is 1. The smallest absolute Gasteiger partial charge is 0.251 e. The summed E-state index contributed by atoms with van der Waals surface area (Å²) in [5, 5.41) is 6.55. The molecule has 1 aliphatic heterocycles. The molecule has 0 unspecified atom stereocenters. The third-order valence-electron chi connectivity index (χ3n) is 6.11.